The lowest BCUT2D eigenvalue weighted by Gasteiger charge is -2.35. The van der Waals surface area contributed by atoms with E-state index in [1.165, 1.54) is 18.9 Å². The molecule has 2 rings (SSSR count). The first-order chi connectivity index (χ1) is 12.9. The lowest BCUT2D eigenvalue weighted by atomic mass is 9.78. The van der Waals surface area contributed by atoms with E-state index in [0.29, 0.717) is 34.5 Å². The molecule has 148 valence electrons. The molecule has 0 spiro atoms. The molecule has 0 unspecified atom stereocenters. The monoisotopic (exact) mass is 391 g/mol. The van der Waals surface area contributed by atoms with Crippen LogP contribution in [0.15, 0.2) is 24.3 Å². The number of ether oxygens (including phenoxy) is 2. The molecule has 1 saturated carbocycles. The summed E-state index contributed by atoms with van der Waals surface area (Å²) in [5.74, 6) is 2.19. The fraction of sp³-hybridized carbons (Fsp3) is 0.500. The highest BCUT2D eigenvalue weighted by Gasteiger charge is 2.27. The quantitative estimate of drug-likeness (QED) is 0.407. The third-order valence-electron chi connectivity index (χ3n) is 5.16. The summed E-state index contributed by atoms with van der Waals surface area (Å²) in [6, 6.07) is 5.78. The first-order valence-corrected chi connectivity index (χ1v) is 9.62. The third-order valence-corrected chi connectivity index (χ3v) is 5.38. The number of carbonyl (C=O) groups is 1. The van der Waals surface area contributed by atoms with Gasteiger partial charge in [0.25, 0.3) is 5.91 Å². The van der Waals surface area contributed by atoms with E-state index in [9.17, 15) is 4.79 Å². The van der Waals surface area contributed by atoms with Gasteiger partial charge in [-0.05, 0) is 54.2 Å². The second-order valence-electron chi connectivity index (χ2n) is 6.91. The number of methoxy groups -OCH3 is 2. The van der Waals surface area contributed by atoms with Crippen LogP contribution in [0.25, 0.3) is 6.08 Å². The number of hydrazine groups is 1. The van der Waals surface area contributed by atoms with Gasteiger partial charge in [-0.2, -0.15) is 0 Å². The average Bonchev–Trinajstić information content (AvgIpc) is 2.68. The fourth-order valence-corrected chi connectivity index (χ4v) is 3.48. The number of thiocarbonyl (C=S) groups is 1. The second-order valence-corrected chi connectivity index (χ2v) is 7.32. The number of rotatable bonds is 5. The molecular weight excluding hydrogens is 362 g/mol. The van der Waals surface area contributed by atoms with Gasteiger partial charge in [0.2, 0.25) is 0 Å². The van der Waals surface area contributed by atoms with Crippen molar-refractivity contribution in [2.45, 2.75) is 39.2 Å². The Kier molecular flexibility index (Phi) is 7.91. The molecule has 1 fully saturated rings. The van der Waals surface area contributed by atoms with Crippen molar-refractivity contribution in [3.8, 4) is 11.5 Å². The van der Waals surface area contributed by atoms with Gasteiger partial charge in [-0.3, -0.25) is 15.6 Å². The lowest BCUT2D eigenvalue weighted by Crippen LogP contribution is -2.52. The summed E-state index contributed by atoms with van der Waals surface area (Å²) in [5.41, 5.74) is 6.18. The minimum atomic E-state index is -0.293. The minimum Gasteiger partial charge on any atom is -0.493 e. The number of benzene rings is 1. The highest BCUT2D eigenvalue weighted by Crippen LogP contribution is 2.29. The van der Waals surface area contributed by atoms with Crippen LogP contribution in [-0.2, 0) is 4.79 Å². The van der Waals surface area contributed by atoms with E-state index in [1.54, 1.807) is 32.4 Å². The van der Waals surface area contributed by atoms with Gasteiger partial charge in [-0.1, -0.05) is 32.8 Å². The van der Waals surface area contributed by atoms with E-state index in [1.807, 2.05) is 6.07 Å². The van der Waals surface area contributed by atoms with Crippen molar-refractivity contribution in [2.75, 3.05) is 14.2 Å². The standard InChI is InChI=1S/C20H29N3O3S/c1-13-6-5-7-16(14(13)2)21-20(27)23-22-19(24)11-9-15-8-10-17(25-3)18(12-15)26-4/h8-14,16H,5-7H2,1-4H3,(H,22,24)(H2,21,23,27)/b11-9+/t13-,14-,16-/m1/s1. The first kappa shape index (κ1) is 21.0. The molecule has 1 aliphatic rings. The lowest BCUT2D eigenvalue weighted by molar-refractivity contribution is -0.116. The van der Waals surface area contributed by atoms with E-state index >= 15 is 0 Å². The van der Waals surface area contributed by atoms with Gasteiger partial charge in [0.05, 0.1) is 14.2 Å². The maximum Gasteiger partial charge on any atom is 0.262 e. The van der Waals surface area contributed by atoms with Gasteiger partial charge in [-0.15, -0.1) is 0 Å². The van der Waals surface area contributed by atoms with Crippen molar-refractivity contribution in [1.82, 2.24) is 16.2 Å². The van der Waals surface area contributed by atoms with E-state index in [2.05, 4.69) is 30.0 Å². The molecule has 0 aliphatic heterocycles. The molecule has 1 aromatic carbocycles. The van der Waals surface area contributed by atoms with Gasteiger partial charge in [-0.25, -0.2) is 0 Å². The van der Waals surface area contributed by atoms with E-state index in [0.717, 1.165) is 12.0 Å². The maximum absolute atomic E-state index is 12.0. The molecule has 6 nitrogen and oxygen atoms in total. The normalized spacial score (nSPS) is 22.1. The zero-order chi connectivity index (χ0) is 19.8. The molecule has 0 radical (unpaired) electrons. The Morgan fingerprint density at radius 2 is 1.89 bits per heavy atom. The minimum absolute atomic E-state index is 0.293. The van der Waals surface area contributed by atoms with Crippen LogP contribution >= 0.6 is 12.2 Å². The largest absolute Gasteiger partial charge is 0.493 e. The van der Waals surface area contributed by atoms with E-state index in [4.69, 9.17) is 21.7 Å². The van der Waals surface area contributed by atoms with Crippen molar-refractivity contribution in [2.24, 2.45) is 11.8 Å². The Balaban J connectivity index is 1.81. The van der Waals surface area contributed by atoms with Crippen LogP contribution in [0, 0.1) is 11.8 Å². The van der Waals surface area contributed by atoms with Crippen LogP contribution in [0.4, 0.5) is 0 Å². The van der Waals surface area contributed by atoms with Gasteiger partial charge >= 0.3 is 0 Å². The summed E-state index contributed by atoms with van der Waals surface area (Å²) < 4.78 is 10.5. The molecule has 3 N–H and O–H groups in total. The number of amides is 1. The van der Waals surface area contributed by atoms with Gasteiger partial charge in [0.15, 0.2) is 16.6 Å². The van der Waals surface area contributed by atoms with Crippen molar-refractivity contribution < 1.29 is 14.3 Å². The molecule has 0 heterocycles. The predicted octanol–water partition coefficient (Wildman–Crippen LogP) is 3.04. The Morgan fingerprint density at radius 1 is 1.15 bits per heavy atom. The van der Waals surface area contributed by atoms with Gasteiger partial charge in [0, 0.05) is 12.1 Å². The molecule has 3 atom stereocenters. The second kappa shape index (κ2) is 10.2. The Hall–Kier alpha value is -2.28. The van der Waals surface area contributed by atoms with Gasteiger partial charge < -0.3 is 14.8 Å². The predicted molar refractivity (Wildman–Crippen MR) is 112 cm³/mol. The Labute approximate surface area is 166 Å². The van der Waals surface area contributed by atoms with Crippen molar-refractivity contribution in [3.63, 3.8) is 0 Å². The number of hydrogen-bond donors (Lipinski definition) is 3. The SMILES string of the molecule is COc1ccc(/C=C/C(=O)NNC(=S)N[C@@H]2CCC[C@@H](C)[C@H]2C)cc1OC. The van der Waals surface area contributed by atoms with E-state index < -0.39 is 0 Å². The molecular formula is C20H29N3O3S. The first-order valence-electron chi connectivity index (χ1n) is 9.21. The zero-order valence-electron chi connectivity index (χ0n) is 16.4. The molecule has 7 heteroatoms. The van der Waals surface area contributed by atoms with Crippen molar-refractivity contribution >= 4 is 29.3 Å². The van der Waals surface area contributed by atoms with Gasteiger partial charge in [0.1, 0.15) is 0 Å². The number of hydrogen-bond acceptors (Lipinski definition) is 4. The fourth-order valence-electron chi connectivity index (χ4n) is 3.28. The summed E-state index contributed by atoms with van der Waals surface area (Å²) in [6.45, 7) is 4.52. The van der Waals surface area contributed by atoms with Crippen LogP contribution in [-0.4, -0.2) is 31.3 Å². The molecule has 0 aromatic heterocycles. The van der Waals surface area contributed by atoms with Crippen LogP contribution in [0.5, 0.6) is 11.5 Å². The number of nitrogens with one attached hydrogen (secondary N) is 3. The van der Waals surface area contributed by atoms with Crippen molar-refractivity contribution in [1.29, 1.82) is 0 Å². The number of carbonyl (C=O) groups excluding carboxylic acids is 1. The summed E-state index contributed by atoms with van der Waals surface area (Å²) in [4.78, 5) is 12.0. The Morgan fingerprint density at radius 3 is 2.59 bits per heavy atom. The van der Waals surface area contributed by atoms with Crippen LogP contribution in [0.2, 0.25) is 0 Å². The molecule has 27 heavy (non-hydrogen) atoms. The van der Waals surface area contributed by atoms with E-state index in [-0.39, 0.29) is 5.91 Å². The maximum atomic E-state index is 12.0. The highest BCUT2D eigenvalue weighted by molar-refractivity contribution is 7.80. The molecule has 0 saturated heterocycles. The third kappa shape index (κ3) is 6.13. The smallest absolute Gasteiger partial charge is 0.262 e. The summed E-state index contributed by atoms with van der Waals surface area (Å²) >= 11 is 5.29. The van der Waals surface area contributed by atoms with Crippen LogP contribution < -0.4 is 25.6 Å². The van der Waals surface area contributed by atoms with Crippen LogP contribution in [0.3, 0.4) is 0 Å². The summed E-state index contributed by atoms with van der Waals surface area (Å²) in [7, 11) is 3.15. The molecule has 1 aromatic rings. The van der Waals surface area contributed by atoms with Crippen molar-refractivity contribution in [3.05, 3.63) is 29.8 Å². The highest BCUT2D eigenvalue weighted by atomic mass is 32.1. The van der Waals surface area contributed by atoms with Crippen LogP contribution in [0.1, 0.15) is 38.7 Å². The average molecular weight is 392 g/mol. The zero-order valence-corrected chi connectivity index (χ0v) is 17.2. The molecule has 1 amide bonds. The summed E-state index contributed by atoms with van der Waals surface area (Å²) in [5, 5.41) is 3.75. The molecule has 1 aliphatic carbocycles. The summed E-state index contributed by atoms with van der Waals surface area (Å²) in [6.07, 6.45) is 6.69. The topological polar surface area (TPSA) is 71.6 Å². The molecule has 0 bridgehead atoms. The Bertz CT molecular complexity index is 693.